The van der Waals surface area contributed by atoms with Crippen LogP contribution in [0.3, 0.4) is 0 Å². The molecule has 6 nitrogen and oxygen atoms in total. The average Bonchev–Trinajstić information content (AvgIpc) is 2.90. The Labute approximate surface area is 228 Å². The van der Waals surface area contributed by atoms with Crippen LogP contribution in [-0.4, -0.2) is 18.1 Å². The number of esters is 1. The summed E-state index contributed by atoms with van der Waals surface area (Å²) in [5.41, 5.74) is 5.69. The standard InChI is InChI=1S/C29H22BrClN2O4/c1-19-4-2-3-5-26(19)29(35)37-27-15-10-23(30)16-22(27)17-32-33-28(34)21-8-13-25(14-9-21)36-18-20-6-11-24(31)12-7-20/h2-17H,18H2,1H3,(H,33,34)/b32-17-. The van der Waals surface area contributed by atoms with Gasteiger partial charge in [-0.25, -0.2) is 10.2 Å². The minimum atomic E-state index is -0.475. The predicted molar refractivity (Wildman–Crippen MR) is 148 cm³/mol. The van der Waals surface area contributed by atoms with Gasteiger partial charge in [-0.05, 0) is 78.7 Å². The van der Waals surface area contributed by atoms with E-state index in [0.717, 1.165) is 15.6 Å². The first-order chi connectivity index (χ1) is 17.9. The molecule has 4 aromatic carbocycles. The maximum absolute atomic E-state index is 12.6. The number of hydrazone groups is 1. The normalized spacial score (nSPS) is 10.8. The molecule has 0 radical (unpaired) electrons. The molecule has 4 aromatic rings. The molecule has 0 heterocycles. The van der Waals surface area contributed by atoms with Crippen molar-refractivity contribution in [1.29, 1.82) is 0 Å². The quantitative estimate of drug-likeness (QED) is 0.106. The Kier molecular flexibility index (Phi) is 8.72. The number of hydrogen-bond donors (Lipinski definition) is 1. The molecular formula is C29H22BrClN2O4. The Morgan fingerprint density at radius 1 is 0.973 bits per heavy atom. The van der Waals surface area contributed by atoms with Crippen molar-refractivity contribution in [2.45, 2.75) is 13.5 Å². The first-order valence-corrected chi connectivity index (χ1v) is 12.4. The number of amides is 1. The number of carbonyl (C=O) groups excluding carboxylic acids is 2. The third kappa shape index (κ3) is 7.29. The highest BCUT2D eigenvalue weighted by Crippen LogP contribution is 2.23. The maximum Gasteiger partial charge on any atom is 0.343 e. The number of nitrogens with zero attached hydrogens (tertiary/aromatic N) is 1. The van der Waals surface area contributed by atoms with E-state index in [-0.39, 0.29) is 0 Å². The summed E-state index contributed by atoms with van der Waals surface area (Å²) in [6, 6.07) is 26.5. The predicted octanol–water partition coefficient (Wildman–Crippen LogP) is 6.97. The highest BCUT2D eigenvalue weighted by Gasteiger charge is 2.13. The number of hydrogen-bond acceptors (Lipinski definition) is 5. The molecule has 0 spiro atoms. The summed E-state index contributed by atoms with van der Waals surface area (Å²) in [6.45, 7) is 2.23. The lowest BCUT2D eigenvalue weighted by molar-refractivity contribution is 0.0733. The lowest BCUT2D eigenvalue weighted by atomic mass is 10.1. The molecule has 0 aliphatic heterocycles. The van der Waals surface area contributed by atoms with Crippen LogP contribution in [0, 0.1) is 6.92 Å². The van der Waals surface area contributed by atoms with E-state index in [2.05, 4.69) is 26.5 Å². The molecule has 1 amide bonds. The summed E-state index contributed by atoms with van der Waals surface area (Å²) in [7, 11) is 0. The third-order valence-corrected chi connectivity index (χ3v) is 6.09. The smallest absolute Gasteiger partial charge is 0.343 e. The van der Waals surface area contributed by atoms with Crippen LogP contribution in [0.5, 0.6) is 11.5 Å². The van der Waals surface area contributed by atoms with Gasteiger partial charge in [0.2, 0.25) is 0 Å². The van der Waals surface area contributed by atoms with Crippen LogP contribution in [0.1, 0.15) is 37.4 Å². The zero-order chi connectivity index (χ0) is 26.2. The number of ether oxygens (including phenoxy) is 2. The number of aryl methyl sites for hydroxylation is 1. The fourth-order valence-electron chi connectivity index (χ4n) is 3.34. The summed E-state index contributed by atoms with van der Waals surface area (Å²) in [5.74, 6) is 0.0762. The fourth-order valence-corrected chi connectivity index (χ4v) is 3.85. The fraction of sp³-hybridized carbons (Fsp3) is 0.0690. The van der Waals surface area contributed by atoms with Crippen molar-refractivity contribution in [3.63, 3.8) is 0 Å². The number of carbonyl (C=O) groups is 2. The zero-order valence-electron chi connectivity index (χ0n) is 19.8. The molecule has 0 aliphatic carbocycles. The summed E-state index contributed by atoms with van der Waals surface area (Å²) in [5, 5.41) is 4.71. The lowest BCUT2D eigenvalue weighted by Crippen LogP contribution is -2.17. The first-order valence-electron chi connectivity index (χ1n) is 11.3. The van der Waals surface area contributed by atoms with Crippen LogP contribution in [0.4, 0.5) is 0 Å². The van der Waals surface area contributed by atoms with Crippen LogP contribution in [0.15, 0.2) is 101 Å². The van der Waals surface area contributed by atoms with Gasteiger partial charge in [-0.15, -0.1) is 0 Å². The Morgan fingerprint density at radius 3 is 2.43 bits per heavy atom. The molecule has 4 rings (SSSR count). The molecule has 8 heteroatoms. The Balaban J connectivity index is 1.37. The van der Waals surface area contributed by atoms with E-state index in [0.29, 0.717) is 39.8 Å². The van der Waals surface area contributed by atoms with Gasteiger partial charge in [0.25, 0.3) is 5.91 Å². The molecule has 37 heavy (non-hydrogen) atoms. The number of nitrogens with one attached hydrogen (secondary N) is 1. The van der Waals surface area contributed by atoms with Gasteiger partial charge in [-0.1, -0.05) is 57.9 Å². The molecule has 0 aromatic heterocycles. The van der Waals surface area contributed by atoms with Crippen LogP contribution in [0.25, 0.3) is 0 Å². The van der Waals surface area contributed by atoms with Crippen molar-refractivity contribution >= 4 is 45.6 Å². The molecule has 0 bridgehead atoms. The van der Waals surface area contributed by atoms with Crippen molar-refractivity contribution in [2.24, 2.45) is 5.10 Å². The van der Waals surface area contributed by atoms with Crippen LogP contribution < -0.4 is 14.9 Å². The SMILES string of the molecule is Cc1ccccc1C(=O)Oc1ccc(Br)cc1/C=N\NC(=O)c1ccc(OCc2ccc(Cl)cc2)cc1. The van der Waals surface area contributed by atoms with Crippen LogP contribution >= 0.6 is 27.5 Å². The van der Waals surface area contributed by atoms with Gasteiger partial charge >= 0.3 is 5.97 Å². The van der Waals surface area contributed by atoms with Gasteiger partial charge < -0.3 is 9.47 Å². The van der Waals surface area contributed by atoms with Crippen molar-refractivity contribution in [3.8, 4) is 11.5 Å². The van der Waals surface area contributed by atoms with Crippen molar-refractivity contribution in [3.05, 3.63) is 128 Å². The van der Waals surface area contributed by atoms with Crippen LogP contribution in [0.2, 0.25) is 5.02 Å². The molecule has 0 atom stereocenters. The third-order valence-electron chi connectivity index (χ3n) is 5.34. The molecule has 1 N–H and O–H groups in total. The molecular weight excluding hydrogens is 556 g/mol. The van der Waals surface area contributed by atoms with Crippen molar-refractivity contribution < 1.29 is 19.1 Å². The second kappa shape index (κ2) is 12.3. The van der Waals surface area contributed by atoms with Gasteiger partial charge in [-0.3, -0.25) is 4.79 Å². The number of halogens is 2. The number of rotatable bonds is 8. The van der Waals surface area contributed by atoms with E-state index in [1.165, 1.54) is 6.21 Å². The molecule has 0 saturated carbocycles. The summed E-state index contributed by atoms with van der Waals surface area (Å²) in [4.78, 5) is 25.2. The van der Waals surface area contributed by atoms with E-state index >= 15 is 0 Å². The largest absolute Gasteiger partial charge is 0.489 e. The van der Waals surface area contributed by atoms with Crippen molar-refractivity contribution in [1.82, 2.24) is 5.43 Å². The molecule has 0 saturated heterocycles. The molecule has 0 unspecified atom stereocenters. The second-order valence-corrected chi connectivity index (χ2v) is 9.38. The number of benzene rings is 4. The first kappa shape index (κ1) is 26.1. The topological polar surface area (TPSA) is 77.0 Å². The summed E-state index contributed by atoms with van der Waals surface area (Å²) in [6.07, 6.45) is 1.42. The molecule has 0 aliphatic rings. The van der Waals surface area contributed by atoms with E-state index in [1.54, 1.807) is 66.7 Å². The van der Waals surface area contributed by atoms with Gasteiger partial charge in [-0.2, -0.15) is 5.10 Å². The van der Waals surface area contributed by atoms with E-state index in [1.807, 2.05) is 31.2 Å². The summed E-state index contributed by atoms with van der Waals surface area (Å²) < 4.78 is 12.1. The minimum Gasteiger partial charge on any atom is -0.489 e. The van der Waals surface area contributed by atoms with E-state index < -0.39 is 11.9 Å². The average molecular weight is 578 g/mol. The van der Waals surface area contributed by atoms with E-state index in [9.17, 15) is 9.59 Å². The van der Waals surface area contributed by atoms with Gasteiger partial charge in [0.05, 0.1) is 11.8 Å². The van der Waals surface area contributed by atoms with Gasteiger partial charge in [0, 0.05) is 20.6 Å². The van der Waals surface area contributed by atoms with Crippen LogP contribution in [-0.2, 0) is 6.61 Å². The molecule has 186 valence electrons. The Morgan fingerprint density at radius 2 is 1.70 bits per heavy atom. The van der Waals surface area contributed by atoms with Gasteiger partial charge in [0.15, 0.2) is 0 Å². The zero-order valence-corrected chi connectivity index (χ0v) is 22.1. The van der Waals surface area contributed by atoms with Gasteiger partial charge in [0.1, 0.15) is 18.1 Å². The maximum atomic E-state index is 12.6. The Bertz CT molecular complexity index is 1440. The highest BCUT2D eigenvalue weighted by atomic mass is 79.9. The highest BCUT2D eigenvalue weighted by molar-refractivity contribution is 9.10. The Hall–Kier alpha value is -3.94. The second-order valence-electron chi connectivity index (χ2n) is 8.03. The summed E-state index contributed by atoms with van der Waals surface area (Å²) >= 11 is 9.31. The monoisotopic (exact) mass is 576 g/mol. The van der Waals surface area contributed by atoms with Crippen molar-refractivity contribution in [2.75, 3.05) is 0 Å². The van der Waals surface area contributed by atoms with E-state index in [4.69, 9.17) is 21.1 Å². The molecule has 0 fully saturated rings. The lowest BCUT2D eigenvalue weighted by Gasteiger charge is -2.09. The minimum absolute atomic E-state index is 0.316.